The predicted octanol–water partition coefficient (Wildman–Crippen LogP) is 1.73. The molecule has 0 saturated heterocycles. The molecule has 8 nitrogen and oxygen atoms in total. The van der Waals surface area contributed by atoms with Crippen LogP contribution in [0.5, 0.6) is 23.0 Å². The summed E-state index contributed by atoms with van der Waals surface area (Å²) in [6.45, 7) is 0. The molecule has 0 saturated carbocycles. The molecular formula is C16H18N4O4. The highest BCUT2D eigenvalue weighted by Crippen LogP contribution is 2.33. The fraction of sp³-hybridized carbons (Fsp3) is 0.125. The fourth-order valence-corrected chi connectivity index (χ4v) is 1.96. The van der Waals surface area contributed by atoms with Crippen LogP contribution in [-0.4, -0.2) is 36.9 Å². The number of hydrogen-bond donors (Lipinski definition) is 4. The Balaban J connectivity index is 2.19. The summed E-state index contributed by atoms with van der Waals surface area (Å²) in [7, 11) is 2.85. The van der Waals surface area contributed by atoms with E-state index in [1.807, 2.05) is 0 Å². The quantitative estimate of drug-likeness (QED) is 0.285. The maximum absolute atomic E-state index is 9.67. The van der Waals surface area contributed by atoms with E-state index in [9.17, 15) is 10.2 Å². The second-order valence-corrected chi connectivity index (χ2v) is 4.81. The number of aromatic hydroxyl groups is 2. The van der Waals surface area contributed by atoms with Crippen LogP contribution >= 0.6 is 0 Å². The van der Waals surface area contributed by atoms with Gasteiger partial charge in [-0.05, 0) is 24.3 Å². The van der Waals surface area contributed by atoms with Gasteiger partial charge in [0.25, 0.3) is 0 Å². The second kappa shape index (κ2) is 7.23. The molecule has 6 N–H and O–H groups in total. The minimum Gasteiger partial charge on any atom is -0.503 e. The van der Waals surface area contributed by atoms with E-state index in [-0.39, 0.29) is 34.4 Å². The number of methoxy groups -OCH3 is 2. The van der Waals surface area contributed by atoms with Crippen LogP contribution in [0.3, 0.4) is 0 Å². The maximum Gasteiger partial charge on any atom is 0.181 e. The monoisotopic (exact) mass is 330 g/mol. The molecule has 0 amide bonds. The van der Waals surface area contributed by atoms with Gasteiger partial charge in [-0.3, -0.25) is 0 Å². The summed E-state index contributed by atoms with van der Waals surface area (Å²) in [6, 6.07) is 6.23. The van der Waals surface area contributed by atoms with Gasteiger partial charge in [-0.1, -0.05) is 0 Å². The highest BCUT2D eigenvalue weighted by molar-refractivity contribution is 5.86. The number of rotatable bonds is 5. The van der Waals surface area contributed by atoms with Gasteiger partial charge in [0.2, 0.25) is 0 Å². The largest absolute Gasteiger partial charge is 0.503 e. The molecule has 0 fully saturated rings. The number of ether oxygens (including phenoxy) is 2. The Kier molecular flexibility index (Phi) is 5.10. The molecule has 2 aromatic carbocycles. The molecule has 126 valence electrons. The summed E-state index contributed by atoms with van der Waals surface area (Å²) >= 11 is 0. The van der Waals surface area contributed by atoms with Crippen LogP contribution in [0.4, 0.5) is 11.4 Å². The van der Waals surface area contributed by atoms with Crippen molar-refractivity contribution in [2.45, 2.75) is 0 Å². The average molecular weight is 330 g/mol. The zero-order valence-electron chi connectivity index (χ0n) is 13.2. The highest BCUT2D eigenvalue weighted by atomic mass is 16.5. The lowest BCUT2D eigenvalue weighted by atomic mass is 10.2. The number of nitrogen functional groups attached to an aromatic ring is 2. The summed E-state index contributed by atoms with van der Waals surface area (Å²) in [5.41, 5.74) is 12.9. The Morgan fingerprint density at radius 2 is 1.17 bits per heavy atom. The molecule has 0 aromatic heterocycles. The third-order valence-electron chi connectivity index (χ3n) is 3.17. The van der Waals surface area contributed by atoms with E-state index < -0.39 is 0 Å². The van der Waals surface area contributed by atoms with Gasteiger partial charge in [0.05, 0.1) is 38.0 Å². The molecule has 0 atom stereocenters. The molecule has 2 rings (SSSR count). The van der Waals surface area contributed by atoms with Gasteiger partial charge in [-0.2, -0.15) is 10.2 Å². The van der Waals surface area contributed by atoms with E-state index >= 15 is 0 Å². The van der Waals surface area contributed by atoms with E-state index in [1.165, 1.54) is 26.6 Å². The molecule has 0 aliphatic rings. The van der Waals surface area contributed by atoms with Gasteiger partial charge in [0.1, 0.15) is 0 Å². The van der Waals surface area contributed by atoms with E-state index in [4.69, 9.17) is 20.9 Å². The number of phenols is 2. The summed E-state index contributed by atoms with van der Waals surface area (Å²) in [6.07, 6.45) is 2.91. The average Bonchev–Trinajstić information content (AvgIpc) is 2.57. The molecule has 2 aromatic rings. The Morgan fingerprint density at radius 1 is 0.792 bits per heavy atom. The van der Waals surface area contributed by atoms with Crippen molar-refractivity contribution in [2.24, 2.45) is 10.2 Å². The number of nitrogens with two attached hydrogens (primary N) is 2. The molecule has 24 heavy (non-hydrogen) atoms. The third-order valence-corrected chi connectivity index (χ3v) is 3.17. The molecule has 0 bridgehead atoms. The Morgan fingerprint density at radius 3 is 1.50 bits per heavy atom. The highest BCUT2D eigenvalue weighted by Gasteiger charge is 2.07. The van der Waals surface area contributed by atoms with Gasteiger partial charge in [-0.25, -0.2) is 0 Å². The Hall–Kier alpha value is -3.42. The van der Waals surface area contributed by atoms with Crippen LogP contribution in [0, 0.1) is 0 Å². The Bertz CT molecular complexity index is 736. The number of hydrogen-bond acceptors (Lipinski definition) is 8. The fourth-order valence-electron chi connectivity index (χ4n) is 1.96. The Labute approximate surface area is 138 Å². The zero-order chi connectivity index (χ0) is 17.7. The first-order valence-electron chi connectivity index (χ1n) is 6.85. The van der Waals surface area contributed by atoms with E-state index in [1.54, 1.807) is 24.3 Å². The van der Waals surface area contributed by atoms with Crippen molar-refractivity contribution in [3.8, 4) is 23.0 Å². The molecule has 0 radical (unpaired) electrons. The lowest BCUT2D eigenvalue weighted by molar-refractivity contribution is 0.375. The normalized spacial score (nSPS) is 11.2. The minimum atomic E-state index is -0.121. The SMILES string of the molecule is COc1cc(/C=N/N=C/c2cc(N)c(O)c(OC)c2)cc(N)c1O. The first kappa shape index (κ1) is 16.9. The topological polar surface area (TPSA) is 136 Å². The molecule has 0 aliphatic carbocycles. The van der Waals surface area contributed by atoms with Gasteiger partial charge >= 0.3 is 0 Å². The van der Waals surface area contributed by atoms with Crippen LogP contribution in [0.2, 0.25) is 0 Å². The zero-order valence-corrected chi connectivity index (χ0v) is 13.2. The molecule has 0 unspecified atom stereocenters. The summed E-state index contributed by atoms with van der Waals surface area (Å²) in [5.74, 6) is 0.252. The van der Waals surface area contributed by atoms with E-state index in [0.717, 1.165) is 0 Å². The second-order valence-electron chi connectivity index (χ2n) is 4.81. The van der Waals surface area contributed by atoms with Crippen LogP contribution in [0.25, 0.3) is 0 Å². The molecule has 0 aliphatic heterocycles. The van der Waals surface area contributed by atoms with Crippen LogP contribution < -0.4 is 20.9 Å². The third kappa shape index (κ3) is 3.67. The van der Waals surface area contributed by atoms with Crippen molar-refractivity contribution < 1.29 is 19.7 Å². The van der Waals surface area contributed by atoms with Crippen molar-refractivity contribution in [1.82, 2.24) is 0 Å². The first-order valence-corrected chi connectivity index (χ1v) is 6.85. The van der Waals surface area contributed by atoms with Gasteiger partial charge in [0.15, 0.2) is 23.0 Å². The van der Waals surface area contributed by atoms with Gasteiger partial charge < -0.3 is 31.2 Å². The van der Waals surface area contributed by atoms with Crippen LogP contribution in [0.1, 0.15) is 11.1 Å². The lowest BCUT2D eigenvalue weighted by Gasteiger charge is -2.07. The standard InChI is InChI=1S/C16H18N4O4/c1-23-13-5-9(3-11(17)15(13)21)7-19-20-8-10-4-12(18)16(22)14(6-10)24-2/h3-8,21-22H,17-18H2,1-2H3/b19-7+,20-8+. The maximum atomic E-state index is 9.67. The molecule has 0 spiro atoms. The van der Waals surface area contributed by atoms with Gasteiger partial charge in [-0.15, -0.1) is 0 Å². The van der Waals surface area contributed by atoms with Gasteiger partial charge in [0, 0.05) is 11.1 Å². The lowest BCUT2D eigenvalue weighted by Crippen LogP contribution is -1.94. The van der Waals surface area contributed by atoms with E-state index in [2.05, 4.69) is 10.2 Å². The molecule has 0 heterocycles. The smallest absolute Gasteiger partial charge is 0.181 e. The summed E-state index contributed by atoms with van der Waals surface area (Å²) in [4.78, 5) is 0. The predicted molar refractivity (Wildman–Crippen MR) is 93.3 cm³/mol. The minimum absolute atomic E-state index is 0.121. The van der Waals surface area contributed by atoms with Crippen LogP contribution in [-0.2, 0) is 0 Å². The molecular weight excluding hydrogens is 312 g/mol. The van der Waals surface area contributed by atoms with Crippen molar-refractivity contribution >= 4 is 23.8 Å². The number of nitrogens with zero attached hydrogens (tertiary/aromatic N) is 2. The van der Waals surface area contributed by atoms with Crippen LogP contribution in [0.15, 0.2) is 34.5 Å². The number of phenolic OH excluding ortho intramolecular Hbond substituents is 2. The summed E-state index contributed by atoms with van der Waals surface area (Å²) in [5, 5.41) is 27.1. The van der Waals surface area contributed by atoms with E-state index in [0.29, 0.717) is 11.1 Å². The summed E-state index contributed by atoms with van der Waals surface area (Å²) < 4.78 is 10.0. The number of benzene rings is 2. The first-order chi connectivity index (χ1) is 11.5. The van der Waals surface area contributed by atoms with Crippen molar-refractivity contribution in [3.63, 3.8) is 0 Å². The van der Waals surface area contributed by atoms with Crippen molar-refractivity contribution in [3.05, 3.63) is 35.4 Å². The van der Waals surface area contributed by atoms with Crippen molar-refractivity contribution in [1.29, 1.82) is 0 Å². The molecule has 8 heteroatoms. The van der Waals surface area contributed by atoms with Crippen molar-refractivity contribution in [2.75, 3.05) is 25.7 Å². The number of anilines is 2.